The SMILES string of the molecule is CCCc1nc(N(C)C2CCC(C)CC2)sc1C(=O)O. The predicted octanol–water partition coefficient (Wildman–Crippen LogP) is 3.81. The van der Waals surface area contributed by atoms with Crippen LogP contribution in [0.3, 0.4) is 0 Å². The van der Waals surface area contributed by atoms with E-state index >= 15 is 0 Å². The van der Waals surface area contributed by atoms with Crippen molar-refractivity contribution in [1.82, 2.24) is 4.98 Å². The Morgan fingerprint density at radius 3 is 2.60 bits per heavy atom. The van der Waals surface area contributed by atoms with Gasteiger partial charge in [0.15, 0.2) is 5.13 Å². The van der Waals surface area contributed by atoms with Crippen molar-refractivity contribution in [2.24, 2.45) is 5.92 Å². The minimum atomic E-state index is -0.845. The van der Waals surface area contributed by atoms with E-state index in [-0.39, 0.29) is 0 Å². The summed E-state index contributed by atoms with van der Waals surface area (Å²) >= 11 is 1.33. The van der Waals surface area contributed by atoms with Crippen molar-refractivity contribution < 1.29 is 9.90 Å². The van der Waals surface area contributed by atoms with Crippen molar-refractivity contribution in [2.45, 2.75) is 58.4 Å². The zero-order chi connectivity index (χ0) is 14.7. The number of hydrogen-bond donors (Lipinski definition) is 1. The normalized spacial score (nSPS) is 22.8. The van der Waals surface area contributed by atoms with Gasteiger partial charge in [0.1, 0.15) is 4.88 Å². The Morgan fingerprint density at radius 2 is 2.05 bits per heavy atom. The van der Waals surface area contributed by atoms with Crippen molar-refractivity contribution in [1.29, 1.82) is 0 Å². The molecule has 2 rings (SSSR count). The van der Waals surface area contributed by atoms with Crippen LogP contribution in [0, 0.1) is 5.92 Å². The lowest BCUT2D eigenvalue weighted by molar-refractivity contribution is 0.0700. The Balaban J connectivity index is 2.15. The van der Waals surface area contributed by atoms with Crippen molar-refractivity contribution >= 4 is 22.4 Å². The summed E-state index contributed by atoms with van der Waals surface area (Å²) in [7, 11) is 2.06. The number of aromatic nitrogens is 1. The Hall–Kier alpha value is -1.10. The van der Waals surface area contributed by atoms with Gasteiger partial charge in [-0.3, -0.25) is 0 Å². The summed E-state index contributed by atoms with van der Waals surface area (Å²) in [4.78, 5) is 18.5. The summed E-state index contributed by atoms with van der Waals surface area (Å²) in [5.74, 6) is -0.0240. The highest BCUT2D eigenvalue weighted by atomic mass is 32.1. The van der Waals surface area contributed by atoms with Crippen molar-refractivity contribution in [3.05, 3.63) is 10.6 Å². The molecule has 1 N–H and O–H groups in total. The van der Waals surface area contributed by atoms with Gasteiger partial charge in [0.05, 0.1) is 5.69 Å². The van der Waals surface area contributed by atoms with Gasteiger partial charge in [-0.15, -0.1) is 0 Å². The lowest BCUT2D eigenvalue weighted by atomic mass is 9.87. The van der Waals surface area contributed by atoms with E-state index < -0.39 is 5.97 Å². The molecule has 4 nitrogen and oxygen atoms in total. The second kappa shape index (κ2) is 6.57. The van der Waals surface area contributed by atoms with Crippen molar-refractivity contribution in [3.63, 3.8) is 0 Å². The number of rotatable bonds is 5. The van der Waals surface area contributed by atoms with Crippen LogP contribution in [-0.4, -0.2) is 29.1 Å². The van der Waals surface area contributed by atoms with Crippen LogP contribution in [0.5, 0.6) is 0 Å². The largest absolute Gasteiger partial charge is 0.477 e. The summed E-state index contributed by atoms with van der Waals surface area (Å²) < 4.78 is 0. The van der Waals surface area contributed by atoms with Crippen molar-refractivity contribution in [3.8, 4) is 0 Å². The number of thiazole rings is 1. The third kappa shape index (κ3) is 3.32. The molecule has 1 aliphatic rings. The number of carboxylic acids is 1. The van der Waals surface area contributed by atoms with E-state index in [4.69, 9.17) is 0 Å². The summed E-state index contributed by atoms with van der Waals surface area (Å²) in [6.45, 7) is 4.36. The standard InChI is InChI=1S/C15H24N2O2S/c1-4-5-12-13(14(18)19)20-15(16-12)17(3)11-8-6-10(2)7-9-11/h10-11H,4-9H2,1-3H3,(H,18,19). The molecule has 0 spiro atoms. The topological polar surface area (TPSA) is 53.4 Å². The molecule has 1 heterocycles. The fourth-order valence-electron chi connectivity index (χ4n) is 2.85. The van der Waals surface area contributed by atoms with E-state index in [0.29, 0.717) is 10.9 Å². The smallest absolute Gasteiger partial charge is 0.347 e. The van der Waals surface area contributed by atoms with Crippen LogP contribution in [-0.2, 0) is 6.42 Å². The third-order valence-electron chi connectivity index (χ3n) is 4.20. The van der Waals surface area contributed by atoms with E-state index in [0.717, 1.165) is 29.6 Å². The molecule has 1 aromatic rings. The monoisotopic (exact) mass is 296 g/mol. The molecule has 0 aromatic carbocycles. The third-order valence-corrected chi connectivity index (χ3v) is 5.38. The highest BCUT2D eigenvalue weighted by Crippen LogP contribution is 2.33. The molecule has 20 heavy (non-hydrogen) atoms. The second-order valence-electron chi connectivity index (χ2n) is 5.85. The van der Waals surface area contributed by atoms with Crippen LogP contribution in [0.15, 0.2) is 0 Å². The molecule has 1 saturated carbocycles. The number of carboxylic acid groups (broad SMARTS) is 1. The van der Waals surface area contributed by atoms with Crippen LogP contribution in [0.4, 0.5) is 5.13 Å². The molecule has 0 radical (unpaired) electrons. The number of hydrogen-bond acceptors (Lipinski definition) is 4. The molecule has 0 amide bonds. The molecule has 0 atom stereocenters. The molecule has 0 unspecified atom stereocenters. The first kappa shape index (κ1) is 15.3. The highest BCUT2D eigenvalue weighted by molar-refractivity contribution is 7.17. The maximum Gasteiger partial charge on any atom is 0.347 e. The summed E-state index contributed by atoms with van der Waals surface area (Å²) in [5.41, 5.74) is 0.746. The fraction of sp³-hybridized carbons (Fsp3) is 0.733. The first-order valence-corrected chi connectivity index (χ1v) is 8.30. The zero-order valence-electron chi connectivity index (χ0n) is 12.6. The van der Waals surface area contributed by atoms with Gasteiger partial charge >= 0.3 is 5.97 Å². The highest BCUT2D eigenvalue weighted by Gasteiger charge is 2.25. The summed E-state index contributed by atoms with van der Waals surface area (Å²) in [5, 5.41) is 10.2. The summed E-state index contributed by atoms with van der Waals surface area (Å²) in [6.07, 6.45) is 6.55. The van der Waals surface area contributed by atoms with Gasteiger partial charge in [-0.05, 0) is 38.0 Å². The lowest BCUT2D eigenvalue weighted by Crippen LogP contribution is -2.34. The van der Waals surface area contributed by atoms with E-state index in [1.807, 2.05) is 0 Å². The Kier molecular flexibility index (Phi) is 5.02. The zero-order valence-corrected chi connectivity index (χ0v) is 13.4. The van der Waals surface area contributed by atoms with Gasteiger partial charge in [0, 0.05) is 13.1 Å². The number of aromatic carboxylic acids is 1. The van der Waals surface area contributed by atoms with E-state index in [1.54, 1.807) is 0 Å². The molecule has 0 bridgehead atoms. The van der Waals surface area contributed by atoms with Gasteiger partial charge in [0.25, 0.3) is 0 Å². The molecule has 1 aromatic heterocycles. The molecule has 1 aliphatic carbocycles. The molecule has 0 aliphatic heterocycles. The van der Waals surface area contributed by atoms with Gasteiger partial charge in [0.2, 0.25) is 0 Å². The van der Waals surface area contributed by atoms with Gasteiger partial charge in [-0.25, -0.2) is 9.78 Å². The van der Waals surface area contributed by atoms with Crippen LogP contribution < -0.4 is 4.90 Å². The van der Waals surface area contributed by atoms with Crippen LogP contribution >= 0.6 is 11.3 Å². The number of nitrogens with zero attached hydrogens (tertiary/aromatic N) is 2. The van der Waals surface area contributed by atoms with Crippen molar-refractivity contribution in [2.75, 3.05) is 11.9 Å². The van der Waals surface area contributed by atoms with Gasteiger partial charge < -0.3 is 10.0 Å². The average molecular weight is 296 g/mol. The van der Waals surface area contributed by atoms with Gasteiger partial charge in [-0.2, -0.15) is 0 Å². The first-order valence-electron chi connectivity index (χ1n) is 7.48. The first-order chi connectivity index (χ1) is 9.52. The number of anilines is 1. The lowest BCUT2D eigenvalue weighted by Gasteiger charge is -2.33. The quantitative estimate of drug-likeness (QED) is 0.897. The number of carbonyl (C=O) groups is 1. The maximum atomic E-state index is 11.3. The Labute approximate surface area is 124 Å². The maximum absolute atomic E-state index is 11.3. The number of aryl methyl sites for hydroxylation is 1. The fourth-order valence-corrected chi connectivity index (χ4v) is 3.83. The van der Waals surface area contributed by atoms with E-state index in [9.17, 15) is 9.90 Å². The minimum absolute atomic E-state index is 0.415. The molecule has 1 fully saturated rings. The molecule has 0 saturated heterocycles. The second-order valence-corrected chi connectivity index (χ2v) is 6.83. The average Bonchev–Trinajstić information content (AvgIpc) is 2.83. The molecular formula is C15H24N2O2S. The molecule has 112 valence electrons. The van der Waals surface area contributed by atoms with Gasteiger partial charge in [-0.1, -0.05) is 31.6 Å². The van der Waals surface area contributed by atoms with Crippen LogP contribution in [0.2, 0.25) is 0 Å². The summed E-state index contributed by atoms with van der Waals surface area (Å²) in [6, 6.07) is 0.508. The molecule has 5 heteroatoms. The van der Waals surface area contributed by atoms with Crippen LogP contribution in [0.1, 0.15) is 61.3 Å². The Morgan fingerprint density at radius 1 is 1.40 bits per heavy atom. The Bertz CT molecular complexity index is 464. The van der Waals surface area contributed by atoms with Crippen LogP contribution in [0.25, 0.3) is 0 Å². The van der Waals surface area contributed by atoms with E-state index in [1.165, 1.54) is 37.0 Å². The minimum Gasteiger partial charge on any atom is -0.477 e. The predicted molar refractivity (Wildman–Crippen MR) is 82.9 cm³/mol. The molecular weight excluding hydrogens is 272 g/mol. The van der Waals surface area contributed by atoms with E-state index in [2.05, 4.69) is 30.8 Å².